The Hall–Kier alpha value is 1.06. The number of unbranched alkanes of at least 4 members (excludes halogenated alkanes) is 4. The Morgan fingerprint density at radius 3 is 2.11 bits per heavy atom. The van der Waals surface area contributed by atoms with Crippen LogP contribution in [0.2, 0.25) is 0 Å². The number of hydrogen-bond acceptors (Lipinski definition) is 0. The zero-order valence-electron chi connectivity index (χ0n) is 6.49. The van der Waals surface area contributed by atoms with Gasteiger partial charge in [0, 0.05) is 0 Å². The summed E-state index contributed by atoms with van der Waals surface area (Å²) in [6.45, 7) is 4.35. The van der Waals surface area contributed by atoms with E-state index in [1.54, 1.807) is 0 Å². The van der Waals surface area contributed by atoms with E-state index in [1.807, 2.05) is 0 Å². The molecule has 9 heavy (non-hydrogen) atoms. The second kappa shape index (κ2) is 16.0. The third-order valence-corrected chi connectivity index (χ3v) is 1.10. The molecule has 0 aliphatic heterocycles. The monoisotopic (exact) mass is 158 g/mol. The molecule has 0 aromatic rings. The summed E-state index contributed by atoms with van der Waals surface area (Å²) in [7, 11) is 0. The molecule has 0 rings (SSSR count). The molecule has 0 nitrogen and oxygen atoms in total. The molecular weight excluding hydrogens is 144 g/mol. The van der Waals surface area contributed by atoms with Crippen molar-refractivity contribution >= 4 is 23.1 Å². The Bertz CT molecular complexity index is 28.1. The maximum Gasteiger partial charge on any atom is 2.00 e. The summed E-state index contributed by atoms with van der Waals surface area (Å²) in [4.78, 5) is 0. The van der Waals surface area contributed by atoms with Gasteiger partial charge in [0.1, 0.15) is 0 Å². The minimum atomic E-state index is 0. The largest absolute Gasteiger partial charge is 2.00 e. The van der Waals surface area contributed by atoms with Crippen molar-refractivity contribution in [1.29, 1.82) is 0 Å². The van der Waals surface area contributed by atoms with E-state index in [9.17, 15) is 0 Å². The zero-order valence-corrected chi connectivity index (χ0v) is 8.66. The van der Waals surface area contributed by atoms with Gasteiger partial charge in [0.2, 0.25) is 0 Å². The molecule has 0 fully saturated rings. The van der Waals surface area contributed by atoms with E-state index in [2.05, 4.69) is 20.3 Å². The molecule has 0 unspecified atom stereocenters. The smallest absolute Gasteiger partial charge is 1.00 e. The first-order valence-corrected chi connectivity index (χ1v) is 3.19. The van der Waals surface area contributed by atoms with Crippen molar-refractivity contribution < 1.29 is 12.4 Å². The van der Waals surface area contributed by atoms with Gasteiger partial charge in [-0.3, -0.25) is 0 Å². The fraction of sp³-hybridized carbons (Fsp3) is 0.857. The summed E-state index contributed by atoms with van der Waals surface area (Å²) in [6.07, 6.45) is 7.65. The molecule has 0 saturated carbocycles. The van der Waals surface area contributed by atoms with E-state index in [1.165, 1.54) is 25.7 Å². The molecule has 0 heterocycles. The number of halogens is 1. The van der Waals surface area contributed by atoms with Crippen LogP contribution in [-0.2, 0) is 0 Å². The van der Waals surface area contributed by atoms with Crippen LogP contribution in [0.5, 0.6) is 0 Å². The van der Waals surface area contributed by atoms with Crippen LogP contribution < -0.4 is 12.4 Å². The molecule has 0 radical (unpaired) electrons. The van der Waals surface area contributed by atoms with Crippen molar-refractivity contribution in [3.05, 3.63) is 6.42 Å². The van der Waals surface area contributed by atoms with Gasteiger partial charge in [-0.25, -0.2) is 0 Å². The summed E-state index contributed by atoms with van der Waals surface area (Å²) in [5, 5.41) is 0. The van der Waals surface area contributed by atoms with Gasteiger partial charge in [-0.05, 0) is 0 Å². The maximum atomic E-state index is 2.23. The van der Waals surface area contributed by atoms with Gasteiger partial charge in [0.25, 0.3) is 0 Å². The molecule has 0 bridgehead atoms. The van der Waals surface area contributed by atoms with Gasteiger partial charge in [-0.15, -0.1) is 0 Å². The molecule has 0 aromatic heterocycles. The fourth-order valence-corrected chi connectivity index (χ4v) is 0.598. The van der Waals surface area contributed by atoms with Gasteiger partial charge in [-0.1, -0.05) is 26.2 Å². The molecule has 52 valence electrons. The van der Waals surface area contributed by atoms with E-state index in [4.69, 9.17) is 0 Å². The van der Waals surface area contributed by atoms with Gasteiger partial charge in [0.05, 0.1) is 0 Å². The van der Waals surface area contributed by atoms with Crippen LogP contribution in [0.3, 0.4) is 0 Å². The van der Waals surface area contributed by atoms with Crippen molar-refractivity contribution in [2.75, 3.05) is 0 Å². The number of hydrogen-bond donors (Lipinski definition) is 0. The molecule has 0 atom stereocenters. The molecule has 0 spiro atoms. The van der Waals surface area contributed by atoms with E-state index in [0.717, 1.165) is 0 Å². The van der Waals surface area contributed by atoms with Crippen LogP contribution in [-0.4, -0.2) is 23.1 Å². The van der Waals surface area contributed by atoms with Gasteiger partial charge >= 0.3 is 23.1 Å². The average Bonchev–Trinajstić information content (AvgIpc) is 1.69. The summed E-state index contributed by atoms with van der Waals surface area (Å²) in [5.74, 6) is 0. The van der Waals surface area contributed by atoms with Crippen LogP contribution in [0.1, 0.15) is 39.5 Å². The van der Waals surface area contributed by atoms with Crippen LogP contribution >= 0.6 is 0 Å². The Morgan fingerprint density at radius 2 is 1.78 bits per heavy atom. The predicted molar refractivity (Wildman–Crippen MR) is 39.9 cm³/mol. The normalized spacial score (nSPS) is 7.33. The first-order chi connectivity index (χ1) is 3.41. The standard InChI is InChI=1S/C7H15.ClH.Mg/c1-3-5-7-6-4-2;;/h3H,4-7H2,1-2H3;1H;/q-1;;+2/p-1. The third-order valence-electron chi connectivity index (χ3n) is 1.10. The molecule has 0 N–H and O–H groups in total. The SMILES string of the molecule is C[CH-]CCCCC.[Cl-].[Mg+2]. The molecule has 0 saturated heterocycles. The molecule has 0 aliphatic carbocycles. The second-order valence-corrected chi connectivity index (χ2v) is 1.90. The molecule has 0 amide bonds. The molecular formula is C7H15ClMg. The van der Waals surface area contributed by atoms with Crippen molar-refractivity contribution in [2.45, 2.75) is 39.5 Å². The Kier molecular flexibility index (Phi) is 29.5. The Balaban J connectivity index is -0.000000180. The first kappa shape index (κ1) is 16.6. The maximum absolute atomic E-state index is 2.23. The topological polar surface area (TPSA) is 0 Å². The third kappa shape index (κ3) is 17.6. The average molecular weight is 159 g/mol. The minimum absolute atomic E-state index is 0. The van der Waals surface area contributed by atoms with Crippen LogP contribution in [0.25, 0.3) is 0 Å². The van der Waals surface area contributed by atoms with Crippen LogP contribution in [0.15, 0.2) is 0 Å². The summed E-state index contributed by atoms with van der Waals surface area (Å²) in [6, 6.07) is 0. The number of rotatable bonds is 4. The van der Waals surface area contributed by atoms with Gasteiger partial charge in [-0.2, -0.15) is 13.3 Å². The fourth-order valence-electron chi connectivity index (χ4n) is 0.598. The predicted octanol–water partition coefficient (Wildman–Crippen LogP) is -0.586. The van der Waals surface area contributed by atoms with Crippen molar-refractivity contribution in [3.8, 4) is 0 Å². The van der Waals surface area contributed by atoms with Crippen molar-refractivity contribution in [2.24, 2.45) is 0 Å². The van der Waals surface area contributed by atoms with Gasteiger partial charge in [0.15, 0.2) is 0 Å². The van der Waals surface area contributed by atoms with E-state index < -0.39 is 0 Å². The summed E-state index contributed by atoms with van der Waals surface area (Å²) >= 11 is 0. The van der Waals surface area contributed by atoms with E-state index >= 15 is 0 Å². The Morgan fingerprint density at radius 1 is 1.22 bits per heavy atom. The van der Waals surface area contributed by atoms with Crippen LogP contribution in [0, 0.1) is 6.42 Å². The van der Waals surface area contributed by atoms with Crippen molar-refractivity contribution in [1.82, 2.24) is 0 Å². The zero-order chi connectivity index (χ0) is 5.54. The quantitative estimate of drug-likeness (QED) is 0.292. The van der Waals surface area contributed by atoms with E-state index in [-0.39, 0.29) is 35.5 Å². The molecule has 0 aliphatic rings. The molecule has 2 heteroatoms. The summed E-state index contributed by atoms with van der Waals surface area (Å²) in [5.41, 5.74) is 0. The summed E-state index contributed by atoms with van der Waals surface area (Å²) < 4.78 is 0. The first-order valence-electron chi connectivity index (χ1n) is 3.19. The van der Waals surface area contributed by atoms with Gasteiger partial charge < -0.3 is 18.8 Å². The van der Waals surface area contributed by atoms with Crippen LogP contribution in [0.4, 0.5) is 0 Å². The van der Waals surface area contributed by atoms with Crippen molar-refractivity contribution in [3.63, 3.8) is 0 Å². The molecule has 0 aromatic carbocycles. The van der Waals surface area contributed by atoms with E-state index in [0.29, 0.717) is 0 Å². The Labute approximate surface area is 81.4 Å². The second-order valence-electron chi connectivity index (χ2n) is 1.90. The minimum Gasteiger partial charge on any atom is -1.00 e.